The molecule has 0 saturated carbocycles. The Morgan fingerprint density at radius 1 is 1.50 bits per heavy atom. The van der Waals surface area contributed by atoms with E-state index in [4.69, 9.17) is 10.9 Å². The van der Waals surface area contributed by atoms with Crippen LogP contribution in [0, 0.1) is 0 Å². The molecule has 5 nitrogen and oxygen atoms in total. The van der Waals surface area contributed by atoms with Crippen molar-refractivity contribution >= 4 is 23.1 Å². The van der Waals surface area contributed by atoms with Crippen molar-refractivity contribution in [3.63, 3.8) is 0 Å². The van der Waals surface area contributed by atoms with E-state index in [1.165, 1.54) is 23.3 Å². The Hall–Kier alpha value is -1.56. The van der Waals surface area contributed by atoms with Crippen LogP contribution in [0.15, 0.2) is 11.2 Å². The van der Waals surface area contributed by atoms with E-state index in [0.717, 1.165) is 17.7 Å². The van der Waals surface area contributed by atoms with Crippen molar-refractivity contribution in [2.24, 2.45) is 10.9 Å². The number of fused-ring (bicyclic) bond motifs is 1. The van der Waals surface area contributed by atoms with Crippen molar-refractivity contribution in [1.29, 1.82) is 0 Å². The molecule has 1 aliphatic carbocycles. The number of carbonyl (C=O) groups excluding carboxylic acids is 1. The molecule has 0 bridgehead atoms. The van der Waals surface area contributed by atoms with E-state index in [9.17, 15) is 4.79 Å². The number of hydrogen-bond acceptors (Lipinski definition) is 4. The van der Waals surface area contributed by atoms with Gasteiger partial charge in [-0.2, -0.15) is 0 Å². The third-order valence-electron chi connectivity index (χ3n) is 3.02. The predicted octanol–water partition coefficient (Wildman–Crippen LogP) is 1.49. The number of nitrogens with one attached hydrogen (secondary N) is 1. The van der Waals surface area contributed by atoms with Crippen molar-refractivity contribution in [1.82, 2.24) is 5.32 Å². The monoisotopic (exact) mass is 267 g/mol. The Bertz CT molecular complexity index is 444. The van der Waals surface area contributed by atoms with Crippen LogP contribution >= 0.6 is 11.3 Å². The molecule has 0 fully saturated rings. The van der Waals surface area contributed by atoms with E-state index < -0.39 is 0 Å². The SMILES string of the molecule is NC(CCNC(=O)c1cc2c(s1)CCCC2)=NO. The number of nitrogens with two attached hydrogens (primary N) is 1. The van der Waals surface area contributed by atoms with Crippen LogP contribution in [0.25, 0.3) is 0 Å². The molecule has 6 heteroatoms. The Labute approximate surface area is 110 Å². The lowest BCUT2D eigenvalue weighted by atomic mass is 9.99. The van der Waals surface area contributed by atoms with Gasteiger partial charge in [0.15, 0.2) is 0 Å². The summed E-state index contributed by atoms with van der Waals surface area (Å²) in [5.74, 6) is 0.0564. The molecule has 1 aromatic heterocycles. The van der Waals surface area contributed by atoms with Gasteiger partial charge in [-0.15, -0.1) is 11.3 Å². The summed E-state index contributed by atoms with van der Waals surface area (Å²) < 4.78 is 0. The Kier molecular flexibility index (Phi) is 4.19. The molecule has 1 heterocycles. The summed E-state index contributed by atoms with van der Waals surface area (Å²) in [6.07, 6.45) is 4.97. The molecule has 1 aliphatic rings. The maximum absolute atomic E-state index is 11.9. The summed E-state index contributed by atoms with van der Waals surface area (Å²) in [6.45, 7) is 0.386. The van der Waals surface area contributed by atoms with Crippen LogP contribution in [-0.2, 0) is 12.8 Å². The van der Waals surface area contributed by atoms with E-state index in [-0.39, 0.29) is 11.7 Å². The highest BCUT2D eigenvalue weighted by Crippen LogP contribution is 2.29. The van der Waals surface area contributed by atoms with Gasteiger partial charge in [-0.1, -0.05) is 5.16 Å². The molecule has 0 saturated heterocycles. The molecule has 2 rings (SSSR count). The Morgan fingerprint density at radius 3 is 3.00 bits per heavy atom. The fourth-order valence-electron chi connectivity index (χ4n) is 2.04. The fraction of sp³-hybridized carbons (Fsp3) is 0.500. The van der Waals surface area contributed by atoms with Crippen molar-refractivity contribution in [2.75, 3.05) is 6.54 Å². The summed E-state index contributed by atoms with van der Waals surface area (Å²) >= 11 is 1.59. The van der Waals surface area contributed by atoms with Crippen LogP contribution in [0.4, 0.5) is 0 Å². The van der Waals surface area contributed by atoms with Crippen molar-refractivity contribution in [3.05, 3.63) is 21.4 Å². The average Bonchev–Trinajstić information content (AvgIpc) is 2.82. The third kappa shape index (κ3) is 3.01. The fourth-order valence-corrected chi connectivity index (χ4v) is 3.21. The number of carbonyl (C=O) groups is 1. The Balaban J connectivity index is 1.91. The largest absolute Gasteiger partial charge is 0.409 e. The van der Waals surface area contributed by atoms with Gasteiger partial charge in [-0.3, -0.25) is 4.79 Å². The molecule has 0 aromatic carbocycles. The first-order chi connectivity index (χ1) is 8.70. The standard InChI is InChI=1S/C12H17N3O2S/c13-11(15-17)5-6-14-12(16)10-7-8-3-1-2-4-9(8)18-10/h7,17H,1-6H2,(H2,13,15)(H,14,16). The molecule has 1 amide bonds. The number of oxime groups is 1. The first-order valence-electron chi connectivity index (χ1n) is 6.07. The lowest BCUT2D eigenvalue weighted by Gasteiger charge is -2.08. The summed E-state index contributed by atoms with van der Waals surface area (Å²) in [4.78, 5) is 14.0. The first-order valence-corrected chi connectivity index (χ1v) is 6.88. The number of amides is 1. The van der Waals surface area contributed by atoms with Crippen molar-refractivity contribution < 1.29 is 10.0 Å². The topological polar surface area (TPSA) is 87.7 Å². The molecule has 0 spiro atoms. The molecule has 98 valence electrons. The van der Waals surface area contributed by atoms with Crippen molar-refractivity contribution in [2.45, 2.75) is 32.1 Å². The lowest BCUT2D eigenvalue weighted by Crippen LogP contribution is -2.27. The quantitative estimate of drug-likeness (QED) is 0.334. The molecule has 1 aromatic rings. The molecule has 18 heavy (non-hydrogen) atoms. The third-order valence-corrected chi connectivity index (χ3v) is 4.25. The van der Waals surface area contributed by atoms with Gasteiger partial charge in [-0.05, 0) is 37.3 Å². The predicted molar refractivity (Wildman–Crippen MR) is 71.3 cm³/mol. The van der Waals surface area contributed by atoms with Crippen LogP contribution in [-0.4, -0.2) is 23.5 Å². The molecular weight excluding hydrogens is 250 g/mol. The van der Waals surface area contributed by atoms with E-state index in [1.807, 2.05) is 6.07 Å². The molecule has 0 radical (unpaired) electrons. The molecule has 4 N–H and O–H groups in total. The highest BCUT2D eigenvalue weighted by atomic mass is 32.1. The second-order valence-corrected chi connectivity index (χ2v) is 5.50. The second-order valence-electron chi connectivity index (χ2n) is 4.36. The number of amidine groups is 1. The Morgan fingerprint density at radius 2 is 2.28 bits per heavy atom. The normalized spacial score (nSPS) is 15.2. The minimum absolute atomic E-state index is 0.0693. The van der Waals surface area contributed by atoms with E-state index in [1.54, 1.807) is 11.3 Å². The van der Waals surface area contributed by atoms with Gasteiger partial charge in [0.05, 0.1) is 4.88 Å². The zero-order valence-electron chi connectivity index (χ0n) is 10.1. The zero-order valence-corrected chi connectivity index (χ0v) is 10.9. The number of thiophene rings is 1. The van der Waals surface area contributed by atoms with Gasteiger partial charge in [-0.25, -0.2) is 0 Å². The van der Waals surface area contributed by atoms with Crippen LogP contribution in [0.2, 0.25) is 0 Å². The maximum Gasteiger partial charge on any atom is 0.261 e. The smallest absolute Gasteiger partial charge is 0.261 e. The summed E-state index contributed by atoms with van der Waals surface area (Å²) in [5.41, 5.74) is 6.66. The average molecular weight is 267 g/mol. The van der Waals surface area contributed by atoms with Gasteiger partial charge in [0, 0.05) is 17.8 Å². The van der Waals surface area contributed by atoms with Gasteiger partial charge in [0.1, 0.15) is 5.84 Å². The number of nitrogens with zero attached hydrogens (tertiary/aromatic N) is 1. The number of rotatable bonds is 4. The van der Waals surface area contributed by atoms with Gasteiger partial charge < -0.3 is 16.3 Å². The van der Waals surface area contributed by atoms with Gasteiger partial charge in [0.2, 0.25) is 0 Å². The maximum atomic E-state index is 11.9. The molecule has 0 unspecified atom stereocenters. The minimum atomic E-state index is -0.0693. The zero-order chi connectivity index (χ0) is 13.0. The van der Waals surface area contributed by atoms with Crippen LogP contribution in [0.1, 0.15) is 39.4 Å². The summed E-state index contributed by atoms with van der Waals surface area (Å²) in [6, 6.07) is 2.00. The summed E-state index contributed by atoms with van der Waals surface area (Å²) in [5, 5.41) is 14.0. The van der Waals surface area contributed by atoms with Gasteiger partial charge >= 0.3 is 0 Å². The highest BCUT2D eigenvalue weighted by Gasteiger charge is 2.16. The summed E-state index contributed by atoms with van der Waals surface area (Å²) in [7, 11) is 0. The van der Waals surface area contributed by atoms with E-state index >= 15 is 0 Å². The molecule has 0 atom stereocenters. The second kappa shape index (κ2) is 5.86. The van der Waals surface area contributed by atoms with E-state index in [0.29, 0.717) is 13.0 Å². The van der Waals surface area contributed by atoms with Crippen LogP contribution < -0.4 is 11.1 Å². The number of aryl methyl sites for hydroxylation is 2. The van der Waals surface area contributed by atoms with Crippen LogP contribution in [0.3, 0.4) is 0 Å². The first kappa shape index (κ1) is 12.9. The number of hydrogen-bond donors (Lipinski definition) is 3. The molecule has 0 aliphatic heterocycles. The van der Waals surface area contributed by atoms with Crippen LogP contribution in [0.5, 0.6) is 0 Å². The lowest BCUT2D eigenvalue weighted by molar-refractivity contribution is 0.0958. The van der Waals surface area contributed by atoms with E-state index in [2.05, 4.69) is 10.5 Å². The van der Waals surface area contributed by atoms with Crippen molar-refractivity contribution in [3.8, 4) is 0 Å². The minimum Gasteiger partial charge on any atom is -0.409 e. The molecular formula is C12H17N3O2S. The van der Waals surface area contributed by atoms with Gasteiger partial charge in [0.25, 0.3) is 5.91 Å². The highest BCUT2D eigenvalue weighted by molar-refractivity contribution is 7.14.